The van der Waals surface area contributed by atoms with Crippen LogP contribution in [0.1, 0.15) is 39.5 Å². The largest absolute Gasteiger partial charge is 0.378 e. The van der Waals surface area contributed by atoms with E-state index >= 15 is 0 Å². The molecule has 1 amide bonds. The molecule has 4 heteroatoms. The number of nitrogens with one attached hydrogen (secondary N) is 1. The topological polar surface area (TPSA) is 41.6 Å². The van der Waals surface area contributed by atoms with Gasteiger partial charge < -0.3 is 15.0 Å². The van der Waals surface area contributed by atoms with Crippen LogP contribution in [0.5, 0.6) is 0 Å². The van der Waals surface area contributed by atoms with E-state index in [-0.39, 0.29) is 0 Å². The summed E-state index contributed by atoms with van der Waals surface area (Å²) < 4.78 is 5.54. The number of ether oxygens (including phenoxy) is 1. The highest BCUT2D eigenvalue weighted by Gasteiger charge is 2.34. The van der Waals surface area contributed by atoms with E-state index in [0.717, 1.165) is 51.9 Å². The third-order valence-corrected chi connectivity index (χ3v) is 4.04. The summed E-state index contributed by atoms with van der Waals surface area (Å²) in [5.74, 6) is 0.907. The normalized spacial score (nSPS) is 27.4. The summed E-state index contributed by atoms with van der Waals surface area (Å²) in [6, 6.07) is 0.445. The van der Waals surface area contributed by atoms with E-state index in [1.54, 1.807) is 0 Å². The summed E-state index contributed by atoms with van der Waals surface area (Å²) in [5, 5.41) is 3.25. The Hall–Kier alpha value is -0.610. The van der Waals surface area contributed by atoms with Crippen molar-refractivity contribution < 1.29 is 9.53 Å². The number of hydrogen-bond donors (Lipinski definition) is 1. The van der Waals surface area contributed by atoms with E-state index in [9.17, 15) is 4.79 Å². The van der Waals surface area contributed by atoms with E-state index in [2.05, 4.69) is 17.1 Å². The lowest BCUT2D eigenvalue weighted by Crippen LogP contribution is -2.59. The average Bonchev–Trinajstić information content (AvgIpc) is 2.23. The van der Waals surface area contributed by atoms with Crippen molar-refractivity contribution in [2.45, 2.75) is 51.7 Å². The first-order valence-electron chi connectivity index (χ1n) is 7.36. The minimum atomic E-state index is 0.350. The molecule has 1 aliphatic carbocycles. The van der Waals surface area contributed by atoms with Crippen LogP contribution in [0.25, 0.3) is 0 Å². The van der Waals surface area contributed by atoms with Gasteiger partial charge in [-0.3, -0.25) is 4.79 Å². The average molecular weight is 254 g/mol. The second kappa shape index (κ2) is 6.53. The molecule has 104 valence electrons. The van der Waals surface area contributed by atoms with Gasteiger partial charge in [-0.25, -0.2) is 0 Å². The van der Waals surface area contributed by atoms with Crippen LogP contribution < -0.4 is 5.32 Å². The molecule has 18 heavy (non-hydrogen) atoms. The molecule has 1 N–H and O–H groups in total. The zero-order chi connectivity index (χ0) is 13.0. The van der Waals surface area contributed by atoms with Crippen molar-refractivity contribution in [2.75, 3.05) is 26.2 Å². The summed E-state index contributed by atoms with van der Waals surface area (Å²) in [7, 11) is 0. The number of nitrogens with zero attached hydrogens (tertiary/aromatic N) is 1. The number of hydrogen-bond acceptors (Lipinski definition) is 3. The van der Waals surface area contributed by atoms with Gasteiger partial charge >= 0.3 is 0 Å². The van der Waals surface area contributed by atoms with E-state index in [4.69, 9.17) is 4.74 Å². The third kappa shape index (κ3) is 3.23. The molecule has 1 heterocycles. The van der Waals surface area contributed by atoms with Crippen LogP contribution in [0, 0.1) is 5.92 Å². The van der Waals surface area contributed by atoms with Crippen molar-refractivity contribution in [1.82, 2.24) is 10.2 Å². The lowest BCUT2D eigenvalue weighted by molar-refractivity contribution is -0.137. The Labute approximate surface area is 110 Å². The minimum absolute atomic E-state index is 0.350. The number of rotatable bonds is 7. The predicted molar refractivity (Wildman–Crippen MR) is 71.4 cm³/mol. The van der Waals surface area contributed by atoms with Crippen LogP contribution >= 0.6 is 0 Å². The van der Waals surface area contributed by atoms with Crippen molar-refractivity contribution in [1.29, 1.82) is 0 Å². The van der Waals surface area contributed by atoms with Crippen molar-refractivity contribution in [2.24, 2.45) is 5.92 Å². The standard InChI is InChI=1S/C14H26N2O2/c1-3-5-16(12-9-15-10-12)14(17)8-11-6-13(7-11)18-4-2/h11-13,15H,3-10H2,1-2H3. The van der Waals surface area contributed by atoms with Crippen molar-refractivity contribution >= 4 is 5.91 Å². The number of carbonyl (C=O) groups is 1. The Balaban J connectivity index is 1.72. The summed E-state index contributed by atoms with van der Waals surface area (Å²) in [4.78, 5) is 14.4. The Kier molecular flexibility index (Phi) is 5.01. The molecular weight excluding hydrogens is 228 g/mol. The summed E-state index contributed by atoms with van der Waals surface area (Å²) >= 11 is 0. The number of amides is 1. The molecular formula is C14H26N2O2. The van der Waals surface area contributed by atoms with Crippen LogP contribution in [-0.4, -0.2) is 49.2 Å². The van der Waals surface area contributed by atoms with Crippen molar-refractivity contribution in [3.05, 3.63) is 0 Å². The van der Waals surface area contributed by atoms with Gasteiger partial charge in [-0.1, -0.05) is 6.92 Å². The first kappa shape index (κ1) is 13.8. The molecule has 2 aliphatic rings. The van der Waals surface area contributed by atoms with Gasteiger partial charge in [0.05, 0.1) is 12.1 Å². The monoisotopic (exact) mass is 254 g/mol. The molecule has 2 rings (SSSR count). The van der Waals surface area contributed by atoms with Crippen molar-refractivity contribution in [3.63, 3.8) is 0 Å². The molecule has 0 aromatic rings. The maximum atomic E-state index is 12.3. The second-order valence-electron chi connectivity index (χ2n) is 5.52. The summed E-state index contributed by atoms with van der Waals surface area (Å²) in [5.41, 5.74) is 0. The Morgan fingerprint density at radius 1 is 1.33 bits per heavy atom. The molecule has 4 nitrogen and oxygen atoms in total. The van der Waals surface area contributed by atoms with E-state index in [1.807, 2.05) is 6.92 Å². The molecule has 1 saturated heterocycles. The summed E-state index contributed by atoms with van der Waals surface area (Å²) in [6.07, 6.45) is 4.33. The predicted octanol–water partition coefficient (Wildman–Crippen LogP) is 1.40. The molecule has 0 unspecified atom stereocenters. The molecule has 0 bridgehead atoms. The van der Waals surface area contributed by atoms with Gasteiger partial charge in [-0.15, -0.1) is 0 Å². The fourth-order valence-electron chi connectivity index (χ4n) is 2.82. The molecule has 0 spiro atoms. The van der Waals surface area contributed by atoms with Crippen molar-refractivity contribution in [3.8, 4) is 0 Å². The van der Waals surface area contributed by atoms with Gasteiger partial charge in [0, 0.05) is 32.7 Å². The molecule has 0 atom stereocenters. The molecule has 0 radical (unpaired) electrons. The van der Waals surface area contributed by atoms with Crippen LogP contribution in [0.15, 0.2) is 0 Å². The molecule has 2 fully saturated rings. The van der Waals surface area contributed by atoms with E-state index in [0.29, 0.717) is 24.0 Å². The lowest BCUT2D eigenvalue weighted by atomic mass is 9.79. The highest BCUT2D eigenvalue weighted by molar-refractivity contribution is 5.77. The Bertz CT molecular complexity index is 273. The van der Waals surface area contributed by atoms with Gasteiger partial charge in [-0.2, -0.15) is 0 Å². The van der Waals surface area contributed by atoms with Gasteiger partial charge in [-0.05, 0) is 32.1 Å². The van der Waals surface area contributed by atoms with E-state index < -0.39 is 0 Å². The van der Waals surface area contributed by atoms with E-state index in [1.165, 1.54) is 0 Å². The number of carbonyl (C=O) groups excluding carboxylic acids is 1. The molecule has 0 aromatic heterocycles. The Morgan fingerprint density at radius 3 is 2.56 bits per heavy atom. The first-order valence-corrected chi connectivity index (χ1v) is 7.36. The van der Waals surface area contributed by atoms with Gasteiger partial charge in [0.2, 0.25) is 5.91 Å². The zero-order valence-electron chi connectivity index (χ0n) is 11.7. The van der Waals surface area contributed by atoms with Crippen LogP contribution in [-0.2, 0) is 9.53 Å². The highest BCUT2D eigenvalue weighted by atomic mass is 16.5. The minimum Gasteiger partial charge on any atom is -0.378 e. The highest BCUT2D eigenvalue weighted by Crippen LogP contribution is 2.33. The van der Waals surface area contributed by atoms with Gasteiger partial charge in [0.1, 0.15) is 0 Å². The maximum Gasteiger partial charge on any atom is 0.223 e. The van der Waals surface area contributed by atoms with Gasteiger partial charge in [0.25, 0.3) is 0 Å². The second-order valence-corrected chi connectivity index (χ2v) is 5.52. The smallest absolute Gasteiger partial charge is 0.223 e. The molecule has 1 aliphatic heterocycles. The molecule has 1 saturated carbocycles. The Morgan fingerprint density at radius 2 is 2.06 bits per heavy atom. The van der Waals surface area contributed by atoms with Gasteiger partial charge in [0.15, 0.2) is 0 Å². The fourth-order valence-corrected chi connectivity index (χ4v) is 2.82. The fraction of sp³-hybridized carbons (Fsp3) is 0.929. The third-order valence-electron chi connectivity index (χ3n) is 4.04. The van der Waals surface area contributed by atoms with Crippen LogP contribution in [0.2, 0.25) is 0 Å². The van der Waals surface area contributed by atoms with Crippen LogP contribution in [0.4, 0.5) is 0 Å². The quantitative estimate of drug-likeness (QED) is 0.747. The lowest BCUT2D eigenvalue weighted by Gasteiger charge is -2.40. The zero-order valence-corrected chi connectivity index (χ0v) is 11.7. The first-order chi connectivity index (χ1) is 8.74. The van der Waals surface area contributed by atoms with Crippen LogP contribution in [0.3, 0.4) is 0 Å². The maximum absolute atomic E-state index is 12.3. The summed E-state index contributed by atoms with van der Waals surface area (Å²) in [6.45, 7) is 7.82. The molecule has 0 aromatic carbocycles. The SMILES string of the molecule is CCCN(C(=O)CC1CC(OCC)C1)C1CNC1.